The fourth-order valence-electron chi connectivity index (χ4n) is 1.76. The molecule has 86 valence electrons. The van der Waals surface area contributed by atoms with Crippen molar-refractivity contribution in [2.75, 3.05) is 5.32 Å². The first-order chi connectivity index (χ1) is 7.48. The van der Waals surface area contributed by atoms with Gasteiger partial charge in [-0.3, -0.25) is 0 Å². The van der Waals surface area contributed by atoms with Crippen LogP contribution in [0.3, 0.4) is 0 Å². The van der Waals surface area contributed by atoms with Crippen LogP contribution in [0.2, 0.25) is 0 Å². The van der Waals surface area contributed by atoms with E-state index in [9.17, 15) is 4.39 Å². The van der Waals surface area contributed by atoms with Gasteiger partial charge in [0.15, 0.2) is 0 Å². The minimum absolute atomic E-state index is 0.0602. The zero-order chi connectivity index (χ0) is 12.2. The Morgan fingerprint density at radius 1 is 1.44 bits per heavy atom. The highest BCUT2D eigenvalue weighted by Crippen LogP contribution is 2.21. The molecule has 16 heavy (non-hydrogen) atoms. The maximum atomic E-state index is 13.3. The molecule has 2 nitrogen and oxygen atoms in total. The molecule has 0 amide bonds. The highest BCUT2D eigenvalue weighted by atomic mass is 19.1. The summed E-state index contributed by atoms with van der Waals surface area (Å²) in [4.78, 5) is 0. The Balaban J connectivity index is 2.84. The molecule has 0 unspecified atom stereocenters. The molecule has 0 aliphatic heterocycles. The molecule has 1 aromatic rings. The van der Waals surface area contributed by atoms with Gasteiger partial charge in [-0.2, -0.15) is 5.26 Å². The summed E-state index contributed by atoms with van der Waals surface area (Å²) in [6.07, 6.45) is 2.08. The number of rotatable bonds is 4. The summed E-state index contributed by atoms with van der Waals surface area (Å²) >= 11 is 0. The Morgan fingerprint density at radius 2 is 2.12 bits per heavy atom. The van der Waals surface area contributed by atoms with Crippen LogP contribution in [-0.2, 0) is 0 Å². The third-order valence-electron chi connectivity index (χ3n) is 2.45. The van der Waals surface area contributed by atoms with Crippen LogP contribution in [0, 0.1) is 17.1 Å². The maximum Gasteiger partial charge on any atom is 0.143 e. The van der Waals surface area contributed by atoms with E-state index >= 15 is 0 Å². The molecule has 0 spiro atoms. The van der Waals surface area contributed by atoms with Crippen molar-refractivity contribution in [3.05, 3.63) is 29.6 Å². The maximum absolute atomic E-state index is 13.3. The van der Waals surface area contributed by atoms with Gasteiger partial charge in [0.1, 0.15) is 11.9 Å². The Morgan fingerprint density at radius 3 is 2.62 bits per heavy atom. The summed E-state index contributed by atoms with van der Waals surface area (Å²) in [5.74, 6) is -0.472. The fraction of sp³-hybridized carbons (Fsp3) is 0.462. The highest BCUT2D eigenvalue weighted by molar-refractivity contribution is 5.49. The van der Waals surface area contributed by atoms with Crippen molar-refractivity contribution in [1.82, 2.24) is 0 Å². The van der Waals surface area contributed by atoms with Crippen LogP contribution < -0.4 is 5.32 Å². The molecule has 1 aromatic carbocycles. The summed E-state index contributed by atoms with van der Waals surface area (Å²) in [6, 6.07) is 6.41. The Labute approximate surface area is 96.1 Å². The van der Waals surface area contributed by atoms with E-state index in [-0.39, 0.29) is 11.1 Å². The van der Waals surface area contributed by atoms with E-state index in [1.807, 2.05) is 6.07 Å². The zero-order valence-corrected chi connectivity index (χ0v) is 9.97. The Bertz CT molecular complexity index is 405. The third-order valence-corrected chi connectivity index (χ3v) is 2.45. The van der Waals surface area contributed by atoms with Crippen molar-refractivity contribution < 1.29 is 4.39 Å². The Hall–Kier alpha value is -1.56. The SMILES string of the molecule is CCCC(C)(C)Nc1ccc(C#N)c(F)c1. The van der Waals surface area contributed by atoms with E-state index in [4.69, 9.17) is 5.26 Å². The summed E-state index contributed by atoms with van der Waals surface area (Å²) in [5, 5.41) is 11.9. The van der Waals surface area contributed by atoms with Gasteiger partial charge in [0, 0.05) is 11.2 Å². The number of benzene rings is 1. The molecule has 0 bridgehead atoms. The molecule has 0 saturated carbocycles. The van der Waals surface area contributed by atoms with Gasteiger partial charge in [-0.25, -0.2) is 4.39 Å². The normalized spacial score (nSPS) is 10.9. The molecule has 0 aliphatic rings. The Kier molecular flexibility index (Phi) is 3.89. The molecule has 0 radical (unpaired) electrons. The van der Waals surface area contributed by atoms with Gasteiger partial charge in [0.2, 0.25) is 0 Å². The highest BCUT2D eigenvalue weighted by Gasteiger charge is 2.16. The second kappa shape index (κ2) is 4.98. The smallest absolute Gasteiger partial charge is 0.143 e. The number of hydrogen-bond donors (Lipinski definition) is 1. The molecular formula is C13H17FN2. The number of nitrogens with one attached hydrogen (secondary N) is 1. The molecule has 0 atom stereocenters. The number of halogens is 1. The molecule has 3 heteroatoms. The molecule has 0 saturated heterocycles. The van der Waals surface area contributed by atoms with Gasteiger partial charge in [-0.1, -0.05) is 13.3 Å². The minimum atomic E-state index is -0.472. The first-order valence-corrected chi connectivity index (χ1v) is 5.46. The van der Waals surface area contributed by atoms with E-state index in [2.05, 4.69) is 26.1 Å². The summed E-state index contributed by atoms with van der Waals surface area (Å²) < 4.78 is 13.3. The van der Waals surface area contributed by atoms with E-state index in [0.29, 0.717) is 0 Å². The van der Waals surface area contributed by atoms with Gasteiger partial charge in [-0.05, 0) is 38.5 Å². The molecule has 0 aromatic heterocycles. The minimum Gasteiger partial charge on any atom is -0.380 e. The fourth-order valence-corrected chi connectivity index (χ4v) is 1.76. The average Bonchev–Trinajstić information content (AvgIpc) is 2.17. The van der Waals surface area contributed by atoms with Crippen LogP contribution in [0.5, 0.6) is 0 Å². The van der Waals surface area contributed by atoms with Gasteiger partial charge in [0.25, 0.3) is 0 Å². The molecule has 0 aliphatic carbocycles. The number of nitriles is 1. The molecule has 0 heterocycles. The van der Waals surface area contributed by atoms with Gasteiger partial charge >= 0.3 is 0 Å². The largest absolute Gasteiger partial charge is 0.380 e. The lowest BCUT2D eigenvalue weighted by Crippen LogP contribution is -2.30. The molecule has 1 N–H and O–H groups in total. The van der Waals surface area contributed by atoms with Crippen molar-refractivity contribution in [3.63, 3.8) is 0 Å². The molecule has 1 rings (SSSR count). The van der Waals surface area contributed by atoms with Crippen LogP contribution in [-0.4, -0.2) is 5.54 Å². The van der Waals surface area contributed by atoms with Gasteiger partial charge in [0.05, 0.1) is 5.56 Å². The summed E-state index contributed by atoms with van der Waals surface area (Å²) in [7, 11) is 0. The number of nitrogens with zero attached hydrogens (tertiary/aromatic N) is 1. The van der Waals surface area contributed by atoms with Gasteiger partial charge < -0.3 is 5.32 Å². The summed E-state index contributed by atoms with van der Waals surface area (Å²) in [6.45, 7) is 6.27. The van der Waals surface area contributed by atoms with E-state index in [1.165, 1.54) is 12.1 Å². The van der Waals surface area contributed by atoms with Crippen molar-refractivity contribution in [1.29, 1.82) is 5.26 Å². The molecule has 0 fully saturated rings. The lowest BCUT2D eigenvalue weighted by molar-refractivity contribution is 0.510. The van der Waals surface area contributed by atoms with E-state index in [0.717, 1.165) is 18.5 Å². The van der Waals surface area contributed by atoms with Crippen molar-refractivity contribution in [2.24, 2.45) is 0 Å². The lowest BCUT2D eigenvalue weighted by Gasteiger charge is -2.27. The van der Waals surface area contributed by atoms with Crippen LogP contribution in [0.1, 0.15) is 39.2 Å². The summed E-state index contributed by atoms with van der Waals surface area (Å²) in [5.41, 5.74) is 0.740. The quantitative estimate of drug-likeness (QED) is 0.840. The average molecular weight is 220 g/mol. The third kappa shape index (κ3) is 3.23. The predicted molar refractivity (Wildman–Crippen MR) is 63.7 cm³/mol. The molecular weight excluding hydrogens is 203 g/mol. The van der Waals surface area contributed by atoms with Gasteiger partial charge in [-0.15, -0.1) is 0 Å². The van der Waals surface area contributed by atoms with Crippen molar-refractivity contribution in [2.45, 2.75) is 39.2 Å². The standard InChI is InChI=1S/C13H17FN2/c1-4-7-13(2,3)16-11-6-5-10(9-15)12(14)8-11/h5-6,8,16H,4,7H2,1-3H3. The first kappa shape index (κ1) is 12.5. The number of hydrogen-bond acceptors (Lipinski definition) is 2. The first-order valence-electron chi connectivity index (χ1n) is 5.46. The van der Waals surface area contributed by atoms with Crippen LogP contribution >= 0.6 is 0 Å². The zero-order valence-electron chi connectivity index (χ0n) is 9.97. The van der Waals surface area contributed by atoms with Crippen molar-refractivity contribution in [3.8, 4) is 6.07 Å². The monoisotopic (exact) mass is 220 g/mol. The second-order valence-corrected chi connectivity index (χ2v) is 4.57. The lowest BCUT2D eigenvalue weighted by atomic mass is 9.98. The topological polar surface area (TPSA) is 35.8 Å². The van der Waals surface area contributed by atoms with Crippen molar-refractivity contribution >= 4 is 5.69 Å². The van der Waals surface area contributed by atoms with E-state index in [1.54, 1.807) is 6.07 Å². The van der Waals surface area contributed by atoms with Crippen LogP contribution in [0.15, 0.2) is 18.2 Å². The van der Waals surface area contributed by atoms with Crippen LogP contribution in [0.4, 0.5) is 10.1 Å². The second-order valence-electron chi connectivity index (χ2n) is 4.57. The predicted octanol–water partition coefficient (Wildman–Crippen LogP) is 3.69. The van der Waals surface area contributed by atoms with E-state index < -0.39 is 5.82 Å². The number of anilines is 1. The van der Waals surface area contributed by atoms with Crippen LogP contribution in [0.25, 0.3) is 0 Å².